The van der Waals surface area contributed by atoms with Crippen molar-refractivity contribution in [1.29, 1.82) is 0 Å². The van der Waals surface area contributed by atoms with Gasteiger partial charge in [-0.1, -0.05) is 87.5 Å². The lowest BCUT2D eigenvalue weighted by molar-refractivity contribution is -0.144. The minimum absolute atomic E-state index is 0.00210. The van der Waals surface area contributed by atoms with Crippen LogP contribution in [0.2, 0.25) is 0 Å². The van der Waals surface area contributed by atoms with Gasteiger partial charge in [0.1, 0.15) is 48.4 Å². The first-order valence-electron chi connectivity index (χ1n) is 23.6. The molecule has 0 unspecified atom stereocenters. The first-order chi connectivity index (χ1) is 33.2. The summed E-state index contributed by atoms with van der Waals surface area (Å²) in [5.41, 5.74) is 6.04. The number of amides is 3. The second-order valence-electron chi connectivity index (χ2n) is 20.3. The molecule has 2 aliphatic heterocycles. The Bertz CT molecular complexity index is 2810. The highest BCUT2D eigenvalue weighted by molar-refractivity contribution is 7.13. The molecule has 2 aliphatic rings. The number of hydrogen-bond donors (Lipinski definition) is 4. The number of β-amino-alcohol motifs (C(OH)–C–C–N with tert-alkyl or cyclic N) is 1. The third-order valence-corrected chi connectivity index (χ3v) is 14.0. The zero-order valence-electron chi connectivity index (χ0n) is 40.6. The number of H-pyrrole nitrogens is 1. The van der Waals surface area contributed by atoms with Crippen LogP contribution in [0.5, 0.6) is 5.75 Å². The van der Waals surface area contributed by atoms with Gasteiger partial charge in [0.05, 0.1) is 34.8 Å². The van der Waals surface area contributed by atoms with Gasteiger partial charge in [0.2, 0.25) is 17.7 Å². The van der Waals surface area contributed by atoms with E-state index in [0.29, 0.717) is 17.7 Å². The predicted molar refractivity (Wildman–Crippen MR) is 264 cm³/mol. The predicted octanol–water partition coefficient (Wildman–Crippen LogP) is 8.87. The Morgan fingerprint density at radius 3 is 2.24 bits per heavy atom. The van der Waals surface area contributed by atoms with Crippen molar-refractivity contribution in [2.45, 2.75) is 117 Å². The van der Waals surface area contributed by atoms with Crippen LogP contribution in [0, 0.1) is 24.0 Å². The third-order valence-electron chi connectivity index (χ3n) is 13.0. The van der Waals surface area contributed by atoms with Crippen LogP contribution >= 0.6 is 11.3 Å². The molecule has 1 fully saturated rings. The van der Waals surface area contributed by atoms with E-state index in [1.54, 1.807) is 41.1 Å². The number of aromatic nitrogens is 2. The quantitative estimate of drug-likeness (QED) is 0.0752. The molecular formula is C54H61F3N6O6S. The second kappa shape index (κ2) is 20.7. The highest BCUT2D eigenvalue weighted by Gasteiger charge is 2.45. The van der Waals surface area contributed by atoms with Gasteiger partial charge >= 0.3 is 0 Å². The van der Waals surface area contributed by atoms with Crippen molar-refractivity contribution in [2.24, 2.45) is 5.41 Å². The molecule has 5 atom stereocenters. The van der Waals surface area contributed by atoms with E-state index in [4.69, 9.17) is 9.47 Å². The Balaban J connectivity index is 0.840. The summed E-state index contributed by atoms with van der Waals surface area (Å²) < 4.78 is 59.3. The lowest BCUT2D eigenvalue weighted by Gasteiger charge is -2.43. The van der Waals surface area contributed by atoms with E-state index in [9.17, 15) is 19.5 Å². The molecule has 0 aliphatic carbocycles. The number of alkyl halides is 1. The summed E-state index contributed by atoms with van der Waals surface area (Å²) in [6.45, 7) is 12.2. The molecule has 0 radical (unpaired) electrons. The van der Waals surface area contributed by atoms with Gasteiger partial charge in [-0.25, -0.2) is 18.2 Å². The van der Waals surface area contributed by atoms with Gasteiger partial charge in [0, 0.05) is 66.4 Å². The van der Waals surface area contributed by atoms with Crippen molar-refractivity contribution in [2.75, 3.05) is 19.7 Å². The summed E-state index contributed by atoms with van der Waals surface area (Å²) in [5.74, 6) is -3.00. The molecule has 8 rings (SSSR count). The standard InChI is InChI=1S/C54H61F3N6O6S/c1-31-20-40-39-10-8-9-11-43(39)60-47(40)48(63(31)29-54(6,7)57)46-41(55)22-38(23-42(46)56)69-27-35-14-12-34(13-15-35)26-68-28-45(65)61-50(53(3,4)5)52(67)62-25-37(64)21-44(62)51(66)58-24-33-16-18-36(19-17-33)49-32(2)59-30-70-49/h8-19,22-23,30-31,37,44,48,50,60,64H,20-21,24-29H2,1-7H3,(H,58,66)(H,61,65)/t31-,37-,44+,48-,50-/m1/s1. The number of aliphatic hydroxyl groups excluding tert-OH is 1. The smallest absolute Gasteiger partial charge is 0.246 e. The molecule has 2 aromatic heterocycles. The third kappa shape index (κ3) is 11.4. The lowest BCUT2D eigenvalue weighted by Crippen LogP contribution is -2.58. The number of aromatic amines is 1. The number of para-hydroxylation sites is 1. The number of nitrogens with zero attached hydrogens (tertiary/aromatic N) is 3. The monoisotopic (exact) mass is 978 g/mol. The Labute approximate surface area is 410 Å². The molecule has 4 heterocycles. The Morgan fingerprint density at radius 2 is 1.60 bits per heavy atom. The molecule has 16 heteroatoms. The number of carbonyl (C=O) groups excluding carboxylic acids is 3. The fourth-order valence-electron chi connectivity index (χ4n) is 9.55. The number of nitrogens with one attached hydrogen (secondary N) is 3. The molecule has 370 valence electrons. The van der Waals surface area contributed by atoms with Gasteiger partial charge in [0.25, 0.3) is 0 Å². The number of fused-ring (bicyclic) bond motifs is 3. The zero-order chi connectivity index (χ0) is 50.1. The average molecular weight is 979 g/mol. The summed E-state index contributed by atoms with van der Waals surface area (Å²) in [4.78, 5) is 52.8. The molecule has 3 amide bonds. The van der Waals surface area contributed by atoms with Crippen LogP contribution in [0.3, 0.4) is 0 Å². The highest BCUT2D eigenvalue weighted by Crippen LogP contribution is 2.44. The largest absolute Gasteiger partial charge is 0.489 e. The van der Waals surface area contributed by atoms with Crippen molar-refractivity contribution in [3.8, 4) is 16.2 Å². The van der Waals surface area contributed by atoms with Crippen LogP contribution in [0.15, 0.2) is 90.4 Å². The number of thiazole rings is 1. The van der Waals surface area contributed by atoms with E-state index in [-0.39, 0.29) is 63.2 Å². The summed E-state index contributed by atoms with van der Waals surface area (Å²) >= 11 is 1.56. The summed E-state index contributed by atoms with van der Waals surface area (Å²) in [6.07, 6.45) is -0.239. The van der Waals surface area contributed by atoms with Crippen molar-refractivity contribution < 1.29 is 42.1 Å². The van der Waals surface area contributed by atoms with E-state index in [2.05, 4.69) is 20.6 Å². The molecule has 6 aromatic rings. The zero-order valence-corrected chi connectivity index (χ0v) is 41.4. The number of aryl methyl sites for hydroxylation is 1. The summed E-state index contributed by atoms with van der Waals surface area (Å²) in [5, 5.41) is 17.3. The number of rotatable bonds is 16. The van der Waals surface area contributed by atoms with Gasteiger partial charge in [-0.2, -0.15) is 0 Å². The minimum atomic E-state index is -1.62. The van der Waals surface area contributed by atoms with E-state index in [1.807, 2.05) is 88.0 Å². The molecule has 0 spiro atoms. The minimum Gasteiger partial charge on any atom is -0.489 e. The molecule has 0 saturated carbocycles. The Kier molecular flexibility index (Phi) is 14.9. The van der Waals surface area contributed by atoms with Crippen LogP contribution in [-0.4, -0.2) is 92.2 Å². The van der Waals surface area contributed by atoms with Gasteiger partial charge < -0.3 is 35.1 Å². The number of aliphatic hydroxyl groups is 1. The van der Waals surface area contributed by atoms with Crippen molar-refractivity contribution in [3.05, 3.63) is 141 Å². The fourth-order valence-corrected chi connectivity index (χ4v) is 10.4. The Morgan fingerprint density at radius 1 is 0.943 bits per heavy atom. The average Bonchev–Trinajstić information content (AvgIpc) is 4.03. The number of likely N-dealkylation sites (tertiary alicyclic amines) is 1. The SMILES string of the molecule is Cc1ncsc1-c1ccc(CNC(=O)[C@@H]2C[C@@H](O)CN2C(=O)[C@@H](NC(=O)COCc2ccc(COc3cc(F)c([C@@H]4c5[nH]c6ccccc6c5C[C@@H](C)N4CC(C)(C)F)c(F)c3)cc2)C(C)(C)C)cc1. The molecule has 70 heavy (non-hydrogen) atoms. The van der Waals surface area contributed by atoms with Crippen molar-refractivity contribution in [1.82, 2.24) is 30.4 Å². The molecule has 0 bridgehead atoms. The Hall–Kier alpha value is -6.07. The van der Waals surface area contributed by atoms with Crippen molar-refractivity contribution >= 4 is 40.0 Å². The topological polar surface area (TPSA) is 149 Å². The van der Waals surface area contributed by atoms with Crippen molar-refractivity contribution in [3.63, 3.8) is 0 Å². The van der Waals surface area contributed by atoms with Gasteiger partial charge in [-0.05, 0) is 73.4 Å². The molecule has 12 nitrogen and oxygen atoms in total. The van der Waals surface area contributed by atoms with Crippen LogP contribution < -0.4 is 15.4 Å². The van der Waals surface area contributed by atoms with E-state index in [0.717, 1.165) is 43.7 Å². The number of ether oxygens (including phenoxy) is 2. The number of benzene rings is 4. The number of hydrogen-bond acceptors (Lipinski definition) is 9. The number of halogens is 3. The summed E-state index contributed by atoms with van der Waals surface area (Å²) in [6, 6.07) is 22.0. The van der Waals surface area contributed by atoms with E-state index >= 15 is 13.2 Å². The highest BCUT2D eigenvalue weighted by atomic mass is 32.1. The lowest BCUT2D eigenvalue weighted by atomic mass is 9.85. The molecule has 1 saturated heterocycles. The first-order valence-corrected chi connectivity index (χ1v) is 24.5. The van der Waals surface area contributed by atoms with Crippen LogP contribution in [0.25, 0.3) is 21.3 Å². The number of carbonyl (C=O) groups is 3. The maximum Gasteiger partial charge on any atom is 0.246 e. The fraction of sp³-hybridized carbons (Fsp3) is 0.407. The van der Waals surface area contributed by atoms with Crippen LogP contribution in [-0.2, 0) is 45.3 Å². The van der Waals surface area contributed by atoms with Crippen LogP contribution in [0.4, 0.5) is 13.2 Å². The molecule has 4 N–H and O–H groups in total. The molecular weight excluding hydrogens is 918 g/mol. The van der Waals surface area contributed by atoms with Gasteiger partial charge in [-0.15, -0.1) is 11.3 Å². The summed E-state index contributed by atoms with van der Waals surface area (Å²) in [7, 11) is 0. The van der Waals surface area contributed by atoms with Gasteiger partial charge in [0.15, 0.2) is 0 Å². The van der Waals surface area contributed by atoms with E-state index < -0.39 is 64.7 Å². The molecule has 4 aromatic carbocycles. The van der Waals surface area contributed by atoms with Crippen LogP contribution in [0.1, 0.15) is 93.2 Å². The second-order valence-corrected chi connectivity index (χ2v) is 21.1. The maximum atomic E-state index is 16.2. The normalized spacial score (nSPS) is 19.0. The van der Waals surface area contributed by atoms with Gasteiger partial charge in [-0.3, -0.25) is 19.3 Å². The maximum absolute atomic E-state index is 16.2. The van der Waals surface area contributed by atoms with E-state index in [1.165, 1.54) is 30.9 Å². The first kappa shape index (κ1) is 50.3.